The summed E-state index contributed by atoms with van der Waals surface area (Å²) < 4.78 is 5.10. The van der Waals surface area contributed by atoms with Crippen LogP contribution in [-0.4, -0.2) is 37.6 Å². The number of methoxy groups -OCH3 is 1. The fourth-order valence-electron chi connectivity index (χ4n) is 2.37. The van der Waals surface area contributed by atoms with E-state index >= 15 is 0 Å². The Morgan fingerprint density at radius 1 is 1.32 bits per heavy atom. The van der Waals surface area contributed by atoms with Crippen molar-refractivity contribution in [3.05, 3.63) is 29.8 Å². The maximum atomic E-state index is 12.0. The first-order chi connectivity index (χ1) is 9.29. The molecule has 4 nitrogen and oxygen atoms in total. The molecule has 104 valence electrons. The Morgan fingerprint density at radius 2 is 2.11 bits per heavy atom. The minimum atomic E-state index is 0.192. The number of hydrogen-bond donors (Lipinski definition) is 1. The number of ether oxygens (including phenoxy) is 1. The molecule has 0 radical (unpaired) electrons. The zero-order valence-corrected chi connectivity index (χ0v) is 11.5. The summed E-state index contributed by atoms with van der Waals surface area (Å²) in [5.41, 5.74) is 2.08. The molecular formula is C15H22N2O2. The molecule has 1 aromatic carbocycles. The van der Waals surface area contributed by atoms with Crippen LogP contribution in [0, 0.1) is 0 Å². The lowest BCUT2D eigenvalue weighted by molar-refractivity contribution is -0.130. The summed E-state index contributed by atoms with van der Waals surface area (Å²) in [6, 6.07) is 7.98. The Morgan fingerprint density at radius 3 is 2.84 bits per heavy atom. The Labute approximate surface area is 114 Å². The van der Waals surface area contributed by atoms with Gasteiger partial charge < -0.3 is 15.0 Å². The average molecular weight is 262 g/mol. The van der Waals surface area contributed by atoms with Gasteiger partial charge in [-0.1, -0.05) is 12.1 Å². The summed E-state index contributed by atoms with van der Waals surface area (Å²) in [6.45, 7) is 2.78. The lowest BCUT2D eigenvalue weighted by atomic mass is 10.1. The number of likely N-dealkylation sites (tertiary alicyclic amines) is 1. The molecule has 0 spiro atoms. The number of nitrogens with one attached hydrogen (secondary N) is 1. The molecule has 0 saturated carbocycles. The van der Waals surface area contributed by atoms with Gasteiger partial charge in [0.05, 0.1) is 13.2 Å². The van der Waals surface area contributed by atoms with Crippen molar-refractivity contribution < 1.29 is 9.53 Å². The molecule has 2 rings (SSSR count). The standard InChI is InChI=1S/C15H22N2O2/c1-19-12-13-6-5-7-14(10-13)16-11-15(18)17-8-3-2-4-9-17/h5-7,10,16H,2-4,8-9,11-12H2,1H3. The molecule has 0 bridgehead atoms. The number of hydrogen-bond acceptors (Lipinski definition) is 3. The van der Waals surface area contributed by atoms with Crippen LogP contribution < -0.4 is 5.32 Å². The van der Waals surface area contributed by atoms with Gasteiger partial charge in [-0.05, 0) is 37.0 Å². The van der Waals surface area contributed by atoms with Crippen LogP contribution in [0.25, 0.3) is 0 Å². The van der Waals surface area contributed by atoms with Crippen molar-refractivity contribution >= 4 is 11.6 Å². The first-order valence-electron chi connectivity index (χ1n) is 6.89. The summed E-state index contributed by atoms with van der Waals surface area (Å²) in [5, 5.41) is 3.19. The third kappa shape index (κ3) is 4.24. The van der Waals surface area contributed by atoms with E-state index in [0.29, 0.717) is 13.2 Å². The Balaban J connectivity index is 1.83. The summed E-state index contributed by atoms with van der Waals surface area (Å²) in [7, 11) is 1.68. The SMILES string of the molecule is COCc1cccc(NCC(=O)N2CCCCC2)c1. The van der Waals surface area contributed by atoms with Crippen LogP contribution >= 0.6 is 0 Å². The third-order valence-electron chi connectivity index (χ3n) is 3.39. The molecule has 0 unspecified atom stereocenters. The van der Waals surface area contributed by atoms with Crippen molar-refractivity contribution in [2.45, 2.75) is 25.9 Å². The Bertz CT molecular complexity index is 414. The van der Waals surface area contributed by atoms with Gasteiger partial charge in [0.1, 0.15) is 0 Å². The topological polar surface area (TPSA) is 41.6 Å². The van der Waals surface area contributed by atoms with Crippen molar-refractivity contribution in [1.29, 1.82) is 0 Å². The number of amides is 1. The lowest BCUT2D eigenvalue weighted by Crippen LogP contribution is -2.39. The van der Waals surface area contributed by atoms with Crippen molar-refractivity contribution in [3.8, 4) is 0 Å². The highest BCUT2D eigenvalue weighted by Crippen LogP contribution is 2.12. The minimum Gasteiger partial charge on any atom is -0.380 e. The third-order valence-corrected chi connectivity index (χ3v) is 3.39. The van der Waals surface area contributed by atoms with Gasteiger partial charge in [-0.2, -0.15) is 0 Å². The van der Waals surface area contributed by atoms with Crippen LogP contribution in [0.3, 0.4) is 0 Å². The molecule has 1 aliphatic heterocycles. The van der Waals surface area contributed by atoms with Crippen molar-refractivity contribution in [2.75, 3.05) is 32.1 Å². The Hall–Kier alpha value is -1.55. The molecule has 1 N–H and O–H groups in total. The van der Waals surface area contributed by atoms with Crippen LogP contribution in [0.2, 0.25) is 0 Å². The van der Waals surface area contributed by atoms with Crippen molar-refractivity contribution in [2.24, 2.45) is 0 Å². The van der Waals surface area contributed by atoms with Gasteiger partial charge in [0.25, 0.3) is 0 Å². The predicted molar refractivity (Wildman–Crippen MR) is 76.1 cm³/mol. The lowest BCUT2D eigenvalue weighted by Gasteiger charge is -2.26. The van der Waals surface area contributed by atoms with Crippen LogP contribution in [-0.2, 0) is 16.1 Å². The zero-order valence-electron chi connectivity index (χ0n) is 11.5. The highest BCUT2D eigenvalue weighted by atomic mass is 16.5. The number of rotatable bonds is 5. The second-order valence-electron chi connectivity index (χ2n) is 4.93. The summed E-state index contributed by atoms with van der Waals surface area (Å²) in [5.74, 6) is 0.192. The second-order valence-corrected chi connectivity index (χ2v) is 4.93. The van der Waals surface area contributed by atoms with Crippen molar-refractivity contribution in [3.63, 3.8) is 0 Å². The van der Waals surface area contributed by atoms with Gasteiger partial charge >= 0.3 is 0 Å². The number of carbonyl (C=O) groups is 1. The molecule has 4 heteroatoms. The first-order valence-corrected chi connectivity index (χ1v) is 6.89. The minimum absolute atomic E-state index is 0.192. The molecule has 0 aromatic heterocycles. The molecule has 0 atom stereocenters. The normalized spacial score (nSPS) is 15.3. The molecule has 1 saturated heterocycles. The average Bonchev–Trinajstić information content (AvgIpc) is 2.46. The number of piperidine rings is 1. The number of nitrogens with zero attached hydrogens (tertiary/aromatic N) is 1. The number of carbonyl (C=O) groups excluding carboxylic acids is 1. The van der Waals surface area contributed by atoms with E-state index in [1.54, 1.807) is 7.11 Å². The number of benzene rings is 1. The van der Waals surface area contributed by atoms with E-state index in [9.17, 15) is 4.79 Å². The maximum Gasteiger partial charge on any atom is 0.241 e. The van der Waals surface area contributed by atoms with Crippen LogP contribution in [0.1, 0.15) is 24.8 Å². The largest absolute Gasteiger partial charge is 0.380 e. The van der Waals surface area contributed by atoms with Crippen molar-refractivity contribution in [1.82, 2.24) is 4.90 Å². The van der Waals surface area contributed by atoms with E-state index in [-0.39, 0.29) is 5.91 Å². The molecule has 1 aromatic rings. The predicted octanol–water partition coefficient (Wildman–Crippen LogP) is 2.26. The van der Waals surface area contributed by atoms with E-state index in [4.69, 9.17) is 4.74 Å². The van der Waals surface area contributed by atoms with Crippen LogP contribution in [0.5, 0.6) is 0 Å². The van der Waals surface area contributed by atoms with E-state index in [2.05, 4.69) is 5.32 Å². The van der Waals surface area contributed by atoms with Gasteiger partial charge in [-0.25, -0.2) is 0 Å². The molecule has 19 heavy (non-hydrogen) atoms. The highest BCUT2D eigenvalue weighted by molar-refractivity contribution is 5.81. The van der Waals surface area contributed by atoms with E-state index in [0.717, 1.165) is 37.2 Å². The first kappa shape index (κ1) is 13.9. The quantitative estimate of drug-likeness (QED) is 0.885. The fraction of sp³-hybridized carbons (Fsp3) is 0.533. The zero-order chi connectivity index (χ0) is 13.5. The fourth-order valence-corrected chi connectivity index (χ4v) is 2.37. The smallest absolute Gasteiger partial charge is 0.241 e. The van der Waals surface area contributed by atoms with Gasteiger partial charge in [0.15, 0.2) is 0 Å². The maximum absolute atomic E-state index is 12.0. The van der Waals surface area contributed by atoms with Gasteiger partial charge in [0.2, 0.25) is 5.91 Å². The molecule has 1 amide bonds. The van der Waals surface area contributed by atoms with E-state index in [1.807, 2.05) is 29.2 Å². The van der Waals surface area contributed by atoms with E-state index in [1.165, 1.54) is 6.42 Å². The summed E-state index contributed by atoms with van der Waals surface area (Å²) in [4.78, 5) is 14.0. The number of anilines is 1. The van der Waals surface area contributed by atoms with Gasteiger partial charge in [-0.15, -0.1) is 0 Å². The van der Waals surface area contributed by atoms with Gasteiger partial charge in [0, 0.05) is 25.9 Å². The van der Waals surface area contributed by atoms with Crippen LogP contribution in [0.15, 0.2) is 24.3 Å². The summed E-state index contributed by atoms with van der Waals surface area (Å²) >= 11 is 0. The molecule has 1 aliphatic rings. The van der Waals surface area contributed by atoms with Gasteiger partial charge in [-0.3, -0.25) is 4.79 Å². The molecule has 1 fully saturated rings. The highest BCUT2D eigenvalue weighted by Gasteiger charge is 2.15. The molecule has 0 aliphatic carbocycles. The summed E-state index contributed by atoms with van der Waals surface area (Å²) in [6.07, 6.45) is 3.51. The monoisotopic (exact) mass is 262 g/mol. The molecular weight excluding hydrogens is 240 g/mol. The van der Waals surface area contributed by atoms with Crippen LogP contribution in [0.4, 0.5) is 5.69 Å². The van der Waals surface area contributed by atoms with E-state index < -0.39 is 0 Å². The molecule has 1 heterocycles. The Kier molecular flexibility index (Phi) is 5.21. The second kappa shape index (κ2) is 7.14.